The number of rotatable bonds is 5. The lowest BCUT2D eigenvalue weighted by atomic mass is 9.98. The van der Waals surface area contributed by atoms with Crippen LogP contribution >= 0.6 is 0 Å². The molecule has 2 aliphatic rings. The minimum atomic E-state index is -1.40. The summed E-state index contributed by atoms with van der Waals surface area (Å²) in [6, 6.07) is 5.39. The van der Waals surface area contributed by atoms with Gasteiger partial charge in [-0.25, -0.2) is 4.79 Å². The van der Waals surface area contributed by atoms with Crippen LogP contribution < -0.4 is 10.2 Å². The van der Waals surface area contributed by atoms with Crippen molar-refractivity contribution in [3.05, 3.63) is 29.8 Å². The molecule has 1 N–H and O–H groups in total. The number of hydroxylamine groups is 1. The van der Waals surface area contributed by atoms with Crippen LogP contribution in [0.25, 0.3) is 0 Å². The lowest BCUT2D eigenvalue weighted by Crippen LogP contribution is -2.58. The van der Waals surface area contributed by atoms with Crippen LogP contribution in [0, 0.1) is 0 Å². The van der Waals surface area contributed by atoms with Crippen LogP contribution in [0.1, 0.15) is 25.8 Å². The maximum absolute atomic E-state index is 12.4. The molecule has 0 spiro atoms. The van der Waals surface area contributed by atoms with Crippen molar-refractivity contribution in [3.8, 4) is 5.75 Å². The molecule has 2 aliphatic heterocycles. The Balaban J connectivity index is 1.62. The summed E-state index contributed by atoms with van der Waals surface area (Å²) in [4.78, 5) is 52.9. The van der Waals surface area contributed by atoms with Crippen LogP contribution in [0.4, 0.5) is 0 Å². The molecule has 0 aromatic heterocycles. The predicted octanol–water partition coefficient (Wildman–Crippen LogP) is -0.193. The molecule has 3 rings (SSSR count). The molecule has 1 aromatic carbocycles. The third-order valence-corrected chi connectivity index (χ3v) is 6.79. The first kappa shape index (κ1) is 19.2. The van der Waals surface area contributed by atoms with Gasteiger partial charge in [-0.05, 0) is 31.1 Å². The topological polar surface area (TPSA) is 125 Å². The lowest BCUT2D eigenvalue weighted by Gasteiger charge is -2.33. The van der Waals surface area contributed by atoms with Crippen molar-refractivity contribution in [2.24, 2.45) is 0 Å². The molecule has 0 radical (unpaired) electrons. The molecular weight excluding hydrogens is 376 g/mol. The number of carbonyl (C=O) groups excluding carboxylic acids is 4. The Hall–Kier alpha value is -2.59. The average Bonchev–Trinajstić information content (AvgIpc) is 2.78. The molecular formula is C17H18N2O7S. The van der Waals surface area contributed by atoms with Gasteiger partial charge >= 0.3 is 5.97 Å². The molecule has 144 valence electrons. The zero-order chi connectivity index (χ0) is 19.8. The number of benzene rings is 1. The number of fused-ring (bicyclic) bond motifs is 1. The Kier molecular flexibility index (Phi) is 5.11. The largest absolute Gasteiger partial charge is 0.614 e. The molecule has 0 aliphatic carbocycles. The van der Waals surface area contributed by atoms with Crippen molar-refractivity contribution in [1.29, 1.82) is 0 Å². The van der Waals surface area contributed by atoms with Gasteiger partial charge in [0.15, 0.2) is 10.8 Å². The number of ether oxygens (including phenoxy) is 1. The second-order valence-electron chi connectivity index (χ2n) is 6.71. The minimum absolute atomic E-state index is 0.139. The van der Waals surface area contributed by atoms with Crippen molar-refractivity contribution in [3.63, 3.8) is 0 Å². The third kappa shape index (κ3) is 3.37. The molecule has 10 heteroatoms. The second kappa shape index (κ2) is 7.20. The summed E-state index contributed by atoms with van der Waals surface area (Å²) in [6.45, 7) is 3.49. The molecule has 9 nitrogen and oxygen atoms in total. The van der Waals surface area contributed by atoms with Crippen LogP contribution in [0.2, 0.25) is 0 Å². The minimum Gasteiger partial charge on any atom is -0.614 e. The highest BCUT2D eigenvalue weighted by atomic mass is 32.2. The summed E-state index contributed by atoms with van der Waals surface area (Å²) in [5.41, 5.74) is 2.46. The first-order valence-corrected chi connectivity index (χ1v) is 9.38. The van der Waals surface area contributed by atoms with Crippen LogP contribution in [0.3, 0.4) is 0 Å². The van der Waals surface area contributed by atoms with Crippen LogP contribution in [-0.2, 0) is 41.6 Å². The van der Waals surface area contributed by atoms with Gasteiger partial charge in [-0.1, -0.05) is 18.2 Å². The Morgan fingerprint density at radius 3 is 2.78 bits per heavy atom. The fraction of sp³-hybridized carbons (Fsp3) is 0.412. The van der Waals surface area contributed by atoms with E-state index in [1.165, 1.54) is 11.0 Å². The number of β-lactam (4-membered cyclic amide) rings is 1. The number of hydrogen-bond acceptors (Lipinski definition) is 7. The third-order valence-electron chi connectivity index (χ3n) is 4.64. The Morgan fingerprint density at radius 2 is 2.11 bits per heavy atom. The molecule has 27 heavy (non-hydrogen) atoms. The summed E-state index contributed by atoms with van der Waals surface area (Å²) in [5.74, 6) is -1.55. The Labute approximate surface area is 158 Å². The van der Waals surface area contributed by atoms with E-state index in [0.29, 0.717) is 5.56 Å². The molecule has 2 fully saturated rings. The van der Waals surface area contributed by atoms with Gasteiger partial charge in [-0.3, -0.25) is 19.3 Å². The molecule has 0 bridgehead atoms. The van der Waals surface area contributed by atoms with E-state index in [9.17, 15) is 23.7 Å². The summed E-state index contributed by atoms with van der Waals surface area (Å²) in [7, 11) is 0. The molecule has 0 saturated carbocycles. The van der Waals surface area contributed by atoms with Gasteiger partial charge in [0.05, 0.1) is 12.8 Å². The van der Waals surface area contributed by atoms with E-state index in [2.05, 4.69) is 0 Å². The van der Waals surface area contributed by atoms with E-state index in [4.69, 9.17) is 9.57 Å². The molecule has 1 aromatic rings. The van der Waals surface area contributed by atoms with Gasteiger partial charge in [0.2, 0.25) is 11.3 Å². The lowest BCUT2D eigenvalue weighted by molar-refractivity contribution is -0.169. The van der Waals surface area contributed by atoms with E-state index in [-0.39, 0.29) is 31.0 Å². The Bertz CT molecular complexity index is 797. The fourth-order valence-corrected chi connectivity index (χ4v) is 5.14. The predicted molar refractivity (Wildman–Crippen MR) is 92.3 cm³/mol. The van der Waals surface area contributed by atoms with Gasteiger partial charge in [0, 0.05) is 5.56 Å². The van der Waals surface area contributed by atoms with E-state index >= 15 is 0 Å². The SMILES string of the molecule is CC1(C)C(C(=O)ONC(=O)Cc2ccccc2OC=O)N2C(=O)C[C@@H]2[S+]1[O-]. The van der Waals surface area contributed by atoms with Crippen LogP contribution in [0.5, 0.6) is 5.75 Å². The van der Waals surface area contributed by atoms with Gasteiger partial charge in [0.1, 0.15) is 5.75 Å². The number of nitrogens with one attached hydrogen (secondary N) is 1. The maximum Gasteiger partial charge on any atom is 0.360 e. The summed E-state index contributed by atoms with van der Waals surface area (Å²) in [6.07, 6.45) is -0.0533. The Morgan fingerprint density at radius 1 is 1.41 bits per heavy atom. The maximum atomic E-state index is 12.4. The standard InChI is InChI=1S/C17H18N2O7S/c1-17(2)15(19-13(22)8-14(19)27(17)24)16(23)26-18-12(21)7-10-5-3-4-6-11(10)25-9-20/h3-6,9,14-15H,7-8H2,1-2H3,(H,18,21)/t14-,15?,27?/m0/s1. The zero-order valence-electron chi connectivity index (χ0n) is 14.7. The zero-order valence-corrected chi connectivity index (χ0v) is 15.5. The highest BCUT2D eigenvalue weighted by Gasteiger charge is 2.68. The highest BCUT2D eigenvalue weighted by molar-refractivity contribution is 7.93. The first-order valence-electron chi connectivity index (χ1n) is 8.17. The number of nitrogens with zero attached hydrogens (tertiary/aromatic N) is 1. The number of amides is 2. The van der Waals surface area contributed by atoms with Crippen molar-refractivity contribution >= 4 is 35.4 Å². The number of para-hydroxylation sites is 1. The summed E-state index contributed by atoms with van der Waals surface area (Å²) in [5, 5.41) is -0.492. The molecule has 2 heterocycles. The summed E-state index contributed by atoms with van der Waals surface area (Å²) >= 11 is -1.40. The quantitative estimate of drug-likeness (QED) is 0.317. The van der Waals surface area contributed by atoms with Gasteiger partial charge in [0.25, 0.3) is 12.4 Å². The monoisotopic (exact) mass is 394 g/mol. The first-order chi connectivity index (χ1) is 12.8. The number of carbonyl (C=O) groups is 4. The van der Waals surface area contributed by atoms with Crippen LogP contribution in [0.15, 0.2) is 24.3 Å². The molecule has 3 atom stereocenters. The van der Waals surface area contributed by atoms with Gasteiger partial charge < -0.3 is 14.1 Å². The van der Waals surface area contributed by atoms with E-state index < -0.39 is 39.2 Å². The fourth-order valence-electron chi connectivity index (χ4n) is 3.27. The smallest absolute Gasteiger partial charge is 0.360 e. The van der Waals surface area contributed by atoms with Gasteiger partial charge in [-0.15, -0.1) is 0 Å². The molecule has 2 saturated heterocycles. The van der Waals surface area contributed by atoms with E-state index in [0.717, 1.165) is 0 Å². The highest BCUT2D eigenvalue weighted by Crippen LogP contribution is 2.45. The van der Waals surface area contributed by atoms with E-state index in [1.54, 1.807) is 32.0 Å². The average molecular weight is 394 g/mol. The molecule has 2 amide bonds. The van der Waals surface area contributed by atoms with Crippen molar-refractivity contribution in [2.75, 3.05) is 0 Å². The second-order valence-corrected chi connectivity index (χ2v) is 8.90. The van der Waals surface area contributed by atoms with Crippen molar-refractivity contribution in [2.45, 2.75) is 42.9 Å². The van der Waals surface area contributed by atoms with Crippen molar-refractivity contribution in [1.82, 2.24) is 10.4 Å². The van der Waals surface area contributed by atoms with Crippen LogP contribution in [-0.4, -0.2) is 49.9 Å². The summed E-state index contributed by atoms with van der Waals surface area (Å²) < 4.78 is 16.2. The number of hydrogen-bond donors (Lipinski definition) is 1. The van der Waals surface area contributed by atoms with Gasteiger partial charge in [-0.2, -0.15) is 5.48 Å². The molecule has 2 unspecified atom stereocenters. The van der Waals surface area contributed by atoms with Crippen molar-refractivity contribution < 1.29 is 33.3 Å². The normalized spacial score (nSPS) is 25.2. The van der Waals surface area contributed by atoms with E-state index in [1.807, 2.05) is 5.48 Å².